The number of amides is 4. The molecule has 3 aromatic carbocycles. The molecule has 4 amide bonds. The molecule has 1 saturated heterocycles. The highest BCUT2D eigenvalue weighted by Crippen LogP contribution is 2.24. The van der Waals surface area contributed by atoms with Crippen LogP contribution in [-0.4, -0.2) is 47.7 Å². The van der Waals surface area contributed by atoms with Crippen LogP contribution in [0.5, 0.6) is 5.75 Å². The molecule has 0 unspecified atom stereocenters. The third-order valence-electron chi connectivity index (χ3n) is 6.22. The van der Waals surface area contributed by atoms with Crippen molar-refractivity contribution < 1.29 is 23.9 Å². The van der Waals surface area contributed by atoms with Crippen molar-refractivity contribution in [2.75, 3.05) is 19.0 Å². The number of ether oxygens (including phenoxy) is 1. The van der Waals surface area contributed by atoms with E-state index in [9.17, 15) is 19.2 Å². The average Bonchev–Trinajstić information content (AvgIpc) is 3.11. The molecule has 4 rings (SSSR count). The van der Waals surface area contributed by atoms with Crippen LogP contribution in [0.4, 0.5) is 10.5 Å². The highest BCUT2D eigenvalue weighted by molar-refractivity contribution is 6.11. The number of nitrogens with one attached hydrogen (secondary N) is 2. The average molecular weight is 486 g/mol. The van der Waals surface area contributed by atoms with E-state index < -0.39 is 17.5 Å². The van der Waals surface area contributed by atoms with Gasteiger partial charge in [-0.2, -0.15) is 0 Å². The first-order chi connectivity index (χ1) is 17.3. The summed E-state index contributed by atoms with van der Waals surface area (Å²) in [6, 6.07) is 22.1. The fourth-order valence-corrected chi connectivity index (χ4v) is 4.01. The van der Waals surface area contributed by atoms with E-state index in [1.165, 1.54) is 0 Å². The van der Waals surface area contributed by atoms with E-state index in [0.29, 0.717) is 29.7 Å². The molecule has 0 spiro atoms. The summed E-state index contributed by atoms with van der Waals surface area (Å²) in [5.41, 5.74) is 1.30. The van der Waals surface area contributed by atoms with E-state index in [1.54, 1.807) is 62.6 Å². The lowest BCUT2D eigenvalue weighted by atomic mass is 9.93. The number of carbonyl (C=O) groups excluding carboxylic acids is 4. The molecule has 1 heterocycles. The van der Waals surface area contributed by atoms with Crippen molar-refractivity contribution in [3.05, 3.63) is 95.6 Å². The normalized spacial score (nSPS) is 17.0. The molecule has 0 aliphatic carbocycles. The summed E-state index contributed by atoms with van der Waals surface area (Å²) in [5.74, 6) is -0.325. The van der Waals surface area contributed by atoms with E-state index in [4.69, 9.17) is 4.74 Å². The van der Waals surface area contributed by atoms with Crippen LogP contribution in [0, 0.1) is 0 Å². The zero-order chi connectivity index (χ0) is 25.7. The molecule has 1 aliphatic heterocycles. The smallest absolute Gasteiger partial charge is 0.325 e. The number of methoxy groups -OCH3 is 1. The van der Waals surface area contributed by atoms with Crippen molar-refractivity contribution in [3.63, 3.8) is 0 Å². The van der Waals surface area contributed by atoms with Gasteiger partial charge in [0.05, 0.1) is 13.7 Å². The summed E-state index contributed by atoms with van der Waals surface area (Å²) in [4.78, 5) is 51.7. The number of ketones is 1. The van der Waals surface area contributed by atoms with E-state index >= 15 is 0 Å². The monoisotopic (exact) mass is 485 g/mol. The van der Waals surface area contributed by atoms with E-state index in [0.717, 1.165) is 16.2 Å². The van der Waals surface area contributed by atoms with Crippen LogP contribution < -0.4 is 15.4 Å². The highest BCUT2D eigenvalue weighted by Gasteiger charge is 2.47. The molecule has 3 aromatic rings. The summed E-state index contributed by atoms with van der Waals surface area (Å²) in [5, 5.41) is 5.51. The Kier molecular flexibility index (Phi) is 7.15. The number of benzene rings is 3. The number of anilines is 1. The van der Waals surface area contributed by atoms with Gasteiger partial charge in [-0.25, -0.2) is 4.79 Å². The van der Waals surface area contributed by atoms with Crippen LogP contribution in [0.1, 0.15) is 39.6 Å². The topological polar surface area (TPSA) is 105 Å². The molecule has 0 aromatic heterocycles. The van der Waals surface area contributed by atoms with Gasteiger partial charge in [0.1, 0.15) is 11.3 Å². The predicted octanol–water partition coefficient (Wildman–Crippen LogP) is 4.07. The van der Waals surface area contributed by atoms with Crippen molar-refractivity contribution in [2.24, 2.45) is 0 Å². The Morgan fingerprint density at radius 2 is 1.58 bits per heavy atom. The van der Waals surface area contributed by atoms with Crippen LogP contribution in [0.15, 0.2) is 78.9 Å². The van der Waals surface area contributed by atoms with E-state index in [-0.39, 0.29) is 18.2 Å². The molecule has 1 aliphatic rings. The van der Waals surface area contributed by atoms with E-state index in [1.807, 2.05) is 30.3 Å². The molecule has 1 atom stereocenters. The van der Waals surface area contributed by atoms with Gasteiger partial charge >= 0.3 is 6.03 Å². The van der Waals surface area contributed by atoms with Gasteiger partial charge in [0.15, 0.2) is 5.78 Å². The van der Waals surface area contributed by atoms with Gasteiger partial charge in [-0.05, 0) is 73.9 Å². The Bertz CT molecular complexity index is 1270. The number of Topliss-reactive ketones (excluding diaryl/α,β-unsaturated/α-hetero) is 1. The summed E-state index contributed by atoms with van der Waals surface area (Å²) >= 11 is 0. The zero-order valence-electron chi connectivity index (χ0n) is 20.1. The van der Waals surface area contributed by atoms with Gasteiger partial charge in [-0.15, -0.1) is 0 Å². The minimum absolute atomic E-state index is 0.261. The molecule has 0 bridgehead atoms. The fraction of sp³-hybridized carbons (Fsp3) is 0.214. The fourth-order valence-electron chi connectivity index (χ4n) is 4.01. The lowest BCUT2D eigenvalue weighted by Gasteiger charge is -2.21. The summed E-state index contributed by atoms with van der Waals surface area (Å²) in [7, 11) is 1.59. The van der Waals surface area contributed by atoms with Gasteiger partial charge in [0.25, 0.3) is 11.8 Å². The number of aryl methyl sites for hydroxylation is 1. The summed E-state index contributed by atoms with van der Waals surface area (Å²) in [6.07, 6.45) is 0.967. The molecule has 1 fully saturated rings. The molecule has 2 N–H and O–H groups in total. The first kappa shape index (κ1) is 24.7. The SMILES string of the molecule is COc1ccc(CC[C@]2(C)NC(=O)N(CC(=O)c3ccc(NC(=O)c4ccccc4)cc3)C2=O)cc1. The second-order valence-corrected chi connectivity index (χ2v) is 8.82. The van der Waals surface area contributed by atoms with Crippen molar-refractivity contribution in [3.8, 4) is 5.75 Å². The predicted molar refractivity (Wildman–Crippen MR) is 135 cm³/mol. The molecule has 8 heteroatoms. The number of imide groups is 1. The first-order valence-electron chi connectivity index (χ1n) is 11.6. The van der Waals surface area contributed by atoms with Gasteiger partial charge < -0.3 is 15.4 Å². The number of rotatable bonds is 9. The van der Waals surface area contributed by atoms with Crippen molar-refractivity contribution in [1.82, 2.24) is 10.2 Å². The maximum absolute atomic E-state index is 13.1. The Hall–Kier alpha value is -4.46. The van der Waals surface area contributed by atoms with Gasteiger partial charge in [0, 0.05) is 16.8 Å². The van der Waals surface area contributed by atoms with Crippen LogP contribution in [0.2, 0.25) is 0 Å². The number of hydrogen-bond acceptors (Lipinski definition) is 5. The summed E-state index contributed by atoms with van der Waals surface area (Å²) in [6.45, 7) is 1.31. The third kappa shape index (κ3) is 5.43. The van der Waals surface area contributed by atoms with E-state index in [2.05, 4.69) is 10.6 Å². The zero-order valence-corrected chi connectivity index (χ0v) is 20.1. The summed E-state index contributed by atoms with van der Waals surface area (Å²) < 4.78 is 5.16. The van der Waals surface area contributed by atoms with Crippen molar-refractivity contribution in [1.29, 1.82) is 0 Å². The third-order valence-corrected chi connectivity index (χ3v) is 6.22. The molecule has 36 heavy (non-hydrogen) atoms. The first-order valence-corrected chi connectivity index (χ1v) is 11.6. The molecule has 184 valence electrons. The maximum Gasteiger partial charge on any atom is 0.325 e. The van der Waals surface area contributed by atoms with Crippen LogP contribution in [0.3, 0.4) is 0 Å². The lowest BCUT2D eigenvalue weighted by Crippen LogP contribution is -2.44. The quantitative estimate of drug-likeness (QED) is 0.351. The van der Waals surface area contributed by atoms with Gasteiger partial charge in [-0.3, -0.25) is 19.3 Å². The van der Waals surface area contributed by atoms with Gasteiger partial charge in [-0.1, -0.05) is 30.3 Å². The Morgan fingerprint density at radius 1 is 0.917 bits per heavy atom. The lowest BCUT2D eigenvalue weighted by molar-refractivity contribution is -0.130. The van der Waals surface area contributed by atoms with Crippen LogP contribution >= 0.6 is 0 Å². The molecular formula is C28H27N3O5. The second-order valence-electron chi connectivity index (χ2n) is 8.82. The number of nitrogens with zero attached hydrogens (tertiary/aromatic N) is 1. The van der Waals surface area contributed by atoms with Crippen molar-refractivity contribution >= 4 is 29.3 Å². The standard InChI is InChI=1S/C28H27N3O5/c1-28(17-16-19-8-14-23(36-2)15-9-19)26(34)31(27(35)30-28)18-24(32)20-10-12-22(13-11-20)29-25(33)21-6-4-3-5-7-21/h3-15H,16-18H2,1-2H3,(H,29,33)(H,30,35)/t28-/m0/s1. The van der Waals surface area contributed by atoms with Gasteiger partial charge in [0.2, 0.25) is 0 Å². The second kappa shape index (κ2) is 10.4. The van der Waals surface area contributed by atoms with Crippen LogP contribution in [0.25, 0.3) is 0 Å². The minimum atomic E-state index is -1.09. The van der Waals surface area contributed by atoms with Crippen LogP contribution in [-0.2, 0) is 11.2 Å². The Morgan fingerprint density at radius 3 is 2.22 bits per heavy atom. The maximum atomic E-state index is 13.1. The number of hydrogen-bond donors (Lipinski definition) is 2. The number of urea groups is 1. The molecule has 0 saturated carbocycles. The molecular weight excluding hydrogens is 458 g/mol. The number of carbonyl (C=O) groups is 4. The Balaban J connectivity index is 1.35. The largest absolute Gasteiger partial charge is 0.497 e. The highest BCUT2D eigenvalue weighted by atomic mass is 16.5. The minimum Gasteiger partial charge on any atom is -0.497 e. The van der Waals surface area contributed by atoms with Crippen molar-refractivity contribution in [2.45, 2.75) is 25.3 Å². The Labute approximate surface area is 209 Å². The molecule has 0 radical (unpaired) electrons. The molecule has 8 nitrogen and oxygen atoms in total.